The topological polar surface area (TPSA) is 86.3 Å². The summed E-state index contributed by atoms with van der Waals surface area (Å²) in [7, 11) is 2.27. The van der Waals surface area contributed by atoms with Crippen molar-refractivity contribution < 1.29 is 9.53 Å². The van der Waals surface area contributed by atoms with E-state index in [1.807, 2.05) is 29.1 Å². The number of hydrogen-bond donors (Lipinski definition) is 1. The zero-order valence-electron chi connectivity index (χ0n) is 23.8. The molecule has 2 bridgehead atoms. The minimum Gasteiger partial charge on any atom is -0.490 e. The Hall–Kier alpha value is -3.71. The molecule has 7 heteroatoms. The second-order valence-corrected chi connectivity index (χ2v) is 12.3. The van der Waals surface area contributed by atoms with Gasteiger partial charge in [0.15, 0.2) is 0 Å². The molecule has 3 aliphatic rings. The Morgan fingerprint density at radius 3 is 2.46 bits per heavy atom. The van der Waals surface area contributed by atoms with Crippen LogP contribution in [-0.4, -0.2) is 50.8 Å². The molecule has 7 nitrogen and oxygen atoms in total. The number of fused-ring (bicyclic) bond motifs is 3. The minimum absolute atomic E-state index is 0.262. The van der Waals surface area contributed by atoms with Crippen LogP contribution in [0.1, 0.15) is 85.3 Å². The Morgan fingerprint density at radius 2 is 1.73 bits per heavy atom. The van der Waals surface area contributed by atoms with Gasteiger partial charge in [0, 0.05) is 34.8 Å². The van der Waals surface area contributed by atoms with Crippen LogP contribution in [0, 0.1) is 0 Å². The molecule has 3 fully saturated rings. The lowest BCUT2D eigenvalue weighted by molar-refractivity contribution is 0.000144. The van der Waals surface area contributed by atoms with E-state index in [1.54, 1.807) is 6.07 Å². The number of carbonyl (C=O) groups is 1. The number of benzene rings is 2. The molecule has 0 spiro atoms. The number of rotatable bonds is 7. The van der Waals surface area contributed by atoms with Crippen LogP contribution in [0.4, 0.5) is 0 Å². The van der Waals surface area contributed by atoms with Crippen molar-refractivity contribution in [3.05, 3.63) is 77.6 Å². The van der Waals surface area contributed by atoms with Gasteiger partial charge in [-0.3, -0.25) is 14.5 Å². The van der Waals surface area contributed by atoms with E-state index in [1.165, 1.54) is 50.5 Å². The van der Waals surface area contributed by atoms with Crippen LogP contribution < -0.4 is 10.5 Å². The number of primary amides is 1. The molecule has 2 aliphatic heterocycles. The molecule has 0 radical (unpaired) electrons. The second kappa shape index (κ2) is 10.9. The first kappa shape index (κ1) is 26.2. The lowest BCUT2D eigenvalue weighted by Crippen LogP contribution is -2.52. The summed E-state index contributed by atoms with van der Waals surface area (Å²) < 4.78 is 8.52. The maximum atomic E-state index is 12.1. The molecule has 2 aromatic carbocycles. The monoisotopic (exact) mass is 549 g/mol. The van der Waals surface area contributed by atoms with Gasteiger partial charge in [-0.2, -0.15) is 5.10 Å². The van der Waals surface area contributed by atoms with Crippen molar-refractivity contribution in [2.45, 2.75) is 88.4 Å². The smallest absolute Gasteiger partial charge is 0.248 e. The zero-order chi connectivity index (χ0) is 27.9. The highest BCUT2D eigenvalue weighted by Crippen LogP contribution is 2.37. The summed E-state index contributed by atoms with van der Waals surface area (Å²) in [5.41, 5.74) is 11.3. The lowest BCUT2D eigenvalue weighted by atomic mass is 9.83. The standard InChI is InChI=1S/C34H39N5O2/c1-38-25-8-4-9-26(38)20-28(19-25)41-27-14-11-23(12-15-27)33-30-18-24(34(35)40)13-16-32(30)39(37-33)21-31-29(10-5-17-36-31)22-6-2-3-7-22/h5,10-18,22,25-26,28H,2-4,6-9,19-21H2,1H3,(H2,35,40). The first-order valence-corrected chi connectivity index (χ1v) is 15.3. The van der Waals surface area contributed by atoms with E-state index >= 15 is 0 Å². The van der Waals surface area contributed by atoms with Gasteiger partial charge in [0.1, 0.15) is 17.5 Å². The molecule has 2 unspecified atom stereocenters. The van der Waals surface area contributed by atoms with E-state index in [4.69, 9.17) is 20.6 Å². The SMILES string of the molecule is CN1C2CCCC1CC(Oc1ccc(-c3nn(Cc4ncccc4C4CCCC4)c4ccc(C(N)=O)cc34)cc1)C2. The highest BCUT2D eigenvalue weighted by atomic mass is 16.5. The molecule has 2 atom stereocenters. The lowest BCUT2D eigenvalue weighted by Gasteiger charge is -2.46. The van der Waals surface area contributed by atoms with Gasteiger partial charge < -0.3 is 15.4 Å². The van der Waals surface area contributed by atoms with Gasteiger partial charge in [0.25, 0.3) is 0 Å². The van der Waals surface area contributed by atoms with Crippen molar-refractivity contribution in [3.8, 4) is 17.0 Å². The molecule has 4 heterocycles. The average Bonchev–Trinajstić information content (AvgIpc) is 3.63. The average molecular weight is 550 g/mol. The quantitative estimate of drug-likeness (QED) is 0.293. The van der Waals surface area contributed by atoms with E-state index in [9.17, 15) is 4.79 Å². The van der Waals surface area contributed by atoms with E-state index in [2.05, 4.69) is 42.3 Å². The summed E-state index contributed by atoms with van der Waals surface area (Å²) in [5, 5.41) is 6.01. The molecule has 4 aromatic rings. The van der Waals surface area contributed by atoms with Gasteiger partial charge in [-0.05, 0) is 106 Å². The Labute approximate surface area is 241 Å². The van der Waals surface area contributed by atoms with Gasteiger partial charge in [0.2, 0.25) is 5.91 Å². The molecule has 2 aromatic heterocycles. The second-order valence-electron chi connectivity index (χ2n) is 12.3. The Morgan fingerprint density at radius 1 is 0.976 bits per heavy atom. The van der Waals surface area contributed by atoms with Crippen molar-refractivity contribution >= 4 is 16.8 Å². The van der Waals surface area contributed by atoms with Gasteiger partial charge >= 0.3 is 0 Å². The number of hydrogen-bond acceptors (Lipinski definition) is 5. The van der Waals surface area contributed by atoms with Crippen LogP contribution in [0.25, 0.3) is 22.2 Å². The highest BCUT2D eigenvalue weighted by Gasteiger charge is 2.37. The summed E-state index contributed by atoms with van der Waals surface area (Å²) in [5.74, 6) is 1.03. The van der Waals surface area contributed by atoms with Crippen molar-refractivity contribution in [1.29, 1.82) is 0 Å². The number of nitrogens with two attached hydrogens (primary N) is 1. The summed E-state index contributed by atoms with van der Waals surface area (Å²) in [6.45, 7) is 0.582. The van der Waals surface area contributed by atoms with Crippen LogP contribution in [0.2, 0.25) is 0 Å². The molecule has 212 valence electrons. The predicted octanol–water partition coefficient (Wildman–Crippen LogP) is 6.30. The molecule has 1 amide bonds. The van der Waals surface area contributed by atoms with Gasteiger partial charge in [-0.1, -0.05) is 25.3 Å². The minimum atomic E-state index is -0.439. The van der Waals surface area contributed by atoms with Crippen molar-refractivity contribution in [1.82, 2.24) is 19.7 Å². The summed E-state index contributed by atoms with van der Waals surface area (Å²) in [4.78, 5) is 19.4. The number of ether oxygens (including phenoxy) is 1. The zero-order valence-corrected chi connectivity index (χ0v) is 23.8. The fourth-order valence-corrected chi connectivity index (χ4v) is 7.55. The maximum Gasteiger partial charge on any atom is 0.248 e. The molecule has 1 saturated carbocycles. The van der Waals surface area contributed by atoms with Crippen LogP contribution in [0.15, 0.2) is 60.8 Å². The molecular weight excluding hydrogens is 510 g/mol. The summed E-state index contributed by atoms with van der Waals surface area (Å²) >= 11 is 0. The van der Waals surface area contributed by atoms with E-state index in [0.717, 1.165) is 46.4 Å². The van der Waals surface area contributed by atoms with Crippen LogP contribution in [0.5, 0.6) is 5.75 Å². The molecule has 41 heavy (non-hydrogen) atoms. The maximum absolute atomic E-state index is 12.1. The van der Waals surface area contributed by atoms with Gasteiger partial charge in [0.05, 0.1) is 17.8 Å². The van der Waals surface area contributed by atoms with Crippen LogP contribution in [-0.2, 0) is 6.54 Å². The highest BCUT2D eigenvalue weighted by molar-refractivity contribution is 6.01. The van der Waals surface area contributed by atoms with Gasteiger partial charge in [-0.15, -0.1) is 0 Å². The first-order chi connectivity index (χ1) is 20.0. The number of pyridine rings is 1. The van der Waals surface area contributed by atoms with E-state index < -0.39 is 5.91 Å². The van der Waals surface area contributed by atoms with Crippen molar-refractivity contribution in [2.75, 3.05) is 7.05 Å². The van der Waals surface area contributed by atoms with E-state index in [0.29, 0.717) is 30.1 Å². The van der Waals surface area contributed by atoms with Crippen molar-refractivity contribution in [2.24, 2.45) is 5.73 Å². The fraction of sp³-hybridized carbons (Fsp3) is 0.441. The summed E-state index contributed by atoms with van der Waals surface area (Å²) in [6.07, 6.45) is 13.2. The normalized spacial score (nSPS) is 23.2. The largest absolute Gasteiger partial charge is 0.490 e. The fourth-order valence-electron chi connectivity index (χ4n) is 7.55. The third-order valence-corrected chi connectivity index (χ3v) is 9.78. The van der Waals surface area contributed by atoms with Crippen molar-refractivity contribution in [3.63, 3.8) is 0 Å². The Bertz CT molecular complexity index is 1540. The number of piperidine rings is 2. The Balaban J connectivity index is 1.19. The molecule has 2 N–H and O–H groups in total. The number of carbonyl (C=O) groups excluding carboxylic acids is 1. The van der Waals surface area contributed by atoms with Crippen LogP contribution >= 0.6 is 0 Å². The van der Waals surface area contributed by atoms with Crippen LogP contribution in [0.3, 0.4) is 0 Å². The van der Waals surface area contributed by atoms with E-state index in [-0.39, 0.29) is 6.10 Å². The summed E-state index contributed by atoms with van der Waals surface area (Å²) in [6, 6.07) is 19.4. The molecule has 7 rings (SSSR count). The number of amides is 1. The number of nitrogens with zero attached hydrogens (tertiary/aromatic N) is 4. The molecule has 1 aliphatic carbocycles. The third kappa shape index (κ3) is 5.12. The number of aromatic nitrogens is 3. The first-order valence-electron chi connectivity index (χ1n) is 15.3. The third-order valence-electron chi connectivity index (χ3n) is 9.78. The predicted molar refractivity (Wildman–Crippen MR) is 161 cm³/mol. The molecular formula is C34H39N5O2. The molecule has 2 saturated heterocycles. The Kier molecular flexibility index (Phi) is 6.99. The van der Waals surface area contributed by atoms with Gasteiger partial charge in [-0.25, -0.2) is 0 Å².